The standard InChI is InChI=1S/C23H28FN3O2/c1-25-21-15-18(8-11-26-21)20-3-2-12-27(20)22(28)23(9-13-29-14-10-23)16-17-4-6-19(24)7-5-17/h4-8,11,15,20H,2-3,9-10,12-14,16H2,1H3,(H,25,26). The highest BCUT2D eigenvalue weighted by atomic mass is 19.1. The Kier molecular flexibility index (Phi) is 5.81. The van der Waals surface area contributed by atoms with Gasteiger partial charge in [0.25, 0.3) is 0 Å². The lowest BCUT2D eigenvalue weighted by Gasteiger charge is -2.40. The molecule has 1 N–H and O–H groups in total. The Morgan fingerprint density at radius 3 is 2.76 bits per heavy atom. The van der Waals surface area contributed by atoms with Gasteiger partial charge >= 0.3 is 0 Å². The van der Waals surface area contributed by atoms with Gasteiger partial charge in [-0.2, -0.15) is 0 Å². The van der Waals surface area contributed by atoms with E-state index in [1.165, 1.54) is 12.1 Å². The summed E-state index contributed by atoms with van der Waals surface area (Å²) in [7, 11) is 1.85. The second-order valence-electron chi connectivity index (χ2n) is 8.08. The van der Waals surface area contributed by atoms with Crippen LogP contribution in [-0.4, -0.2) is 42.6 Å². The average molecular weight is 397 g/mol. The van der Waals surface area contributed by atoms with E-state index >= 15 is 0 Å². The van der Waals surface area contributed by atoms with Crippen LogP contribution < -0.4 is 5.32 Å². The minimum Gasteiger partial charge on any atom is -0.381 e. The number of aromatic nitrogens is 1. The lowest BCUT2D eigenvalue weighted by Crippen LogP contribution is -2.48. The molecule has 0 bridgehead atoms. The molecule has 0 spiro atoms. The van der Waals surface area contributed by atoms with Crippen LogP contribution in [0.5, 0.6) is 0 Å². The molecule has 2 fully saturated rings. The van der Waals surface area contributed by atoms with E-state index in [4.69, 9.17) is 4.74 Å². The number of pyridine rings is 1. The molecule has 1 aromatic carbocycles. The topological polar surface area (TPSA) is 54.5 Å². The van der Waals surface area contributed by atoms with E-state index in [9.17, 15) is 9.18 Å². The van der Waals surface area contributed by atoms with E-state index in [0.29, 0.717) is 32.5 Å². The zero-order valence-corrected chi connectivity index (χ0v) is 16.9. The summed E-state index contributed by atoms with van der Waals surface area (Å²) in [6, 6.07) is 10.7. The van der Waals surface area contributed by atoms with Gasteiger partial charge < -0.3 is 15.0 Å². The SMILES string of the molecule is CNc1cc(C2CCCN2C(=O)C2(Cc3ccc(F)cc3)CCOCC2)ccn1. The molecule has 3 heterocycles. The van der Waals surface area contributed by atoms with Gasteiger partial charge in [0.1, 0.15) is 11.6 Å². The number of anilines is 1. The van der Waals surface area contributed by atoms with Crippen molar-refractivity contribution in [3.05, 3.63) is 59.5 Å². The van der Waals surface area contributed by atoms with Crippen molar-refractivity contribution < 1.29 is 13.9 Å². The minimum atomic E-state index is -0.489. The van der Waals surface area contributed by atoms with Crippen LogP contribution in [0, 0.1) is 11.2 Å². The number of amides is 1. The molecule has 1 aromatic heterocycles. The highest BCUT2D eigenvalue weighted by Crippen LogP contribution is 2.42. The van der Waals surface area contributed by atoms with Crippen LogP contribution in [0.25, 0.3) is 0 Å². The number of hydrogen-bond acceptors (Lipinski definition) is 4. The zero-order valence-electron chi connectivity index (χ0n) is 16.9. The van der Waals surface area contributed by atoms with Gasteiger partial charge in [0.2, 0.25) is 5.91 Å². The van der Waals surface area contributed by atoms with Gasteiger partial charge in [-0.15, -0.1) is 0 Å². The number of likely N-dealkylation sites (tertiary alicyclic amines) is 1. The fourth-order valence-electron chi connectivity index (χ4n) is 4.67. The normalized spacial score (nSPS) is 21.2. The maximum atomic E-state index is 13.9. The van der Waals surface area contributed by atoms with Gasteiger partial charge in [0.15, 0.2) is 0 Å². The molecule has 0 aliphatic carbocycles. The van der Waals surface area contributed by atoms with Gasteiger partial charge in [0, 0.05) is 33.0 Å². The number of nitrogens with zero attached hydrogens (tertiary/aromatic N) is 2. The van der Waals surface area contributed by atoms with E-state index in [1.54, 1.807) is 18.3 Å². The summed E-state index contributed by atoms with van der Waals surface area (Å²) in [4.78, 5) is 20.3. The Hall–Kier alpha value is -2.47. The second-order valence-corrected chi connectivity index (χ2v) is 8.08. The van der Waals surface area contributed by atoms with Gasteiger partial charge in [-0.3, -0.25) is 4.79 Å². The van der Waals surface area contributed by atoms with E-state index in [2.05, 4.69) is 15.2 Å². The molecule has 1 atom stereocenters. The molecule has 2 aromatic rings. The molecule has 29 heavy (non-hydrogen) atoms. The van der Waals surface area contributed by atoms with Crippen molar-refractivity contribution in [3.8, 4) is 0 Å². The molecule has 1 unspecified atom stereocenters. The maximum absolute atomic E-state index is 13.9. The number of carbonyl (C=O) groups is 1. The fourth-order valence-corrected chi connectivity index (χ4v) is 4.67. The highest BCUT2D eigenvalue weighted by molar-refractivity contribution is 5.84. The van der Waals surface area contributed by atoms with Gasteiger partial charge in [-0.05, 0) is 67.5 Å². The number of ether oxygens (including phenoxy) is 1. The Morgan fingerprint density at radius 2 is 2.03 bits per heavy atom. The third-order valence-electron chi connectivity index (χ3n) is 6.30. The molecule has 0 saturated carbocycles. The van der Waals surface area contributed by atoms with Crippen molar-refractivity contribution >= 4 is 11.7 Å². The molecule has 6 heteroatoms. The number of carbonyl (C=O) groups excluding carboxylic acids is 1. The quantitative estimate of drug-likeness (QED) is 0.830. The Bertz CT molecular complexity index is 849. The first-order valence-electron chi connectivity index (χ1n) is 10.4. The molecule has 0 radical (unpaired) electrons. The third kappa shape index (κ3) is 4.13. The molecular weight excluding hydrogens is 369 g/mol. The van der Waals surface area contributed by atoms with Crippen LogP contribution >= 0.6 is 0 Å². The van der Waals surface area contributed by atoms with E-state index in [0.717, 1.165) is 36.3 Å². The average Bonchev–Trinajstić information content (AvgIpc) is 3.25. The molecule has 5 nitrogen and oxygen atoms in total. The van der Waals surface area contributed by atoms with Crippen LogP contribution in [0.15, 0.2) is 42.6 Å². The summed E-state index contributed by atoms with van der Waals surface area (Å²) in [5.74, 6) is 0.767. The zero-order chi connectivity index (χ0) is 20.3. The van der Waals surface area contributed by atoms with E-state index in [-0.39, 0.29) is 17.8 Å². The molecule has 2 aliphatic rings. The van der Waals surface area contributed by atoms with Crippen molar-refractivity contribution in [2.45, 2.75) is 38.1 Å². The smallest absolute Gasteiger partial charge is 0.229 e. The molecule has 1 amide bonds. The van der Waals surface area contributed by atoms with Gasteiger partial charge in [-0.25, -0.2) is 9.37 Å². The second kappa shape index (κ2) is 8.49. The van der Waals surface area contributed by atoms with Crippen molar-refractivity contribution in [1.29, 1.82) is 0 Å². The predicted molar refractivity (Wildman–Crippen MR) is 110 cm³/mol. The van der Waals surface area contributed by atoms with Crippen molar-refractivity contribution in [1.82, 2.24) is 9.88 Å². The lowest BCUT2D eigenvalue weighted by molar-refractivity contribution is -0.149. The molecule has 154 valence electrons. The van der Waals surface area contributed by atoms with E-state index < -0.39 is 5.41 Å². The van der Waals surface area contributed by atoms with Crippen molar-refractivity contribution in [2.24, 2.45) is 5.41 Å². The fraction of sp³-hybridized carbons (Fsp3) is 0.478. The first kappa shape index (κ1) is 19.8. The monoisotopic (exact) mass is 397 g/mol. The highest BCUT2D eigenvalue weighted by Gasteiger charge is 2.45. The molecular formula is C23H28FN3O2. The largest absolute Gasteiger partial charge is 0.381 e. The summed E-state index contributed by atoms with van der Waals surface area (Å²) in [5, 5.41) is 3.08. The predicted octanol–water partition coefficient (Wildman–Crippen LogP) is 3.97. The summed E-state index contributed by atoms with van der Waals surface area (Å²) in [6.07, 6.45) is 5.77. The number of rotatable bonds is 5. The van der Waals surface area contributed by atoms with Crippen molar-refractivity contribution in [2.75, 3.05) is 32.1 Å². The number of nitrogens with one attached hydrogen (secondary N) is 1. The lowest BCUT2D eigenvalue weighted by atomic mass is 9.73. The Labute approximate surface area is 171 Å². The first-order chi connectivity index (χ1) is 14.1. The van der Waals surface area contributed by atoms with E-state index in [1.807, 2.05) is 19.2 Å². The number of halogens is 1. The van der Waals surface area contributed by atoms with Crippen molar-refractivity contribution in [3.63, 3.8) is 0 Å². The summed E-state index contributed by atoms with van der Waals surface area (Å²) in [6.45, 7) is 1.95. The molecule has 4 rings (SSSR count). The number of benzene rings is 1. The third-order valence-corrected chi connectivity index (χ3v) is 6.30. The summed E-state index contributed by atoms with van der Waals surface area (Å²) in [5.41, 5.74) is 1.63. The first-order valence-corrected chi connectivity index (χ1v) is 10.4. The maximum Gasteiger partial charge on any atom is 0.229 e. The van der Waals surface area contributed by atoms with Crippen LogP contribution in [0.4, 0.5) is 10.2 Å². The number of hydrogen-bond donors (Lipinski definition) is 1. The minimum absolute atomic E-state index is 0.0746. The molecule has 2 aliphatic heterocycles. The van der Waals surface area contributed by atoms with Crippen LogP contribution in [0.2, 0.25) is 0 Å². The summed E-state index contributed by atoms with van der Waals surface area (Å²) >= 11 is 0. The summed E-state index contributed by atoms with van der Waals surface area (Å²) < 4.78 is 18.9. The van der Waals surface area contributed by atoms with Crippen LogP contribution in [0.3, 0.4) is 0 Å². The Morgan fingerprint density at radius 1 is 1.28 bits per heavy atom. The Balaban J connectivity index is 1.61. The van der Waals surface area contributed by atoms with Gasteiger partial charge in [-0.1, -0.05) is 12.1 Å². The van der Waals surface area contributed by atoms with Crippen LogP contribution in [0.1, 0.15) is 42.9 Å². The molecule has 2 saturated heterocycles. The van der Waals surface area contributed by atoms with Gasteiger partial charge in [0.05, 0.1) is 11.5 Å². The van der Waals surface area contributed by atoms with Crippen LogP contribution in [-0.2, 0) is 16.0 Å².